The molecule has 0 spiro atoms. The maximum Gasteiger partial charge on any atom is 0.253 e. The Bertz CT molecular complexity index is 801. The first kappa shape index (κ1) is 21.9. The van der Waals surface area contributed by atoms with Crippen LogP contribution in [0.5, 0.6) is 0 Å². The normalized spacial score (nSPS) is 11.9. The van der Waals surface area contributed by atoms with Crippen molar-refractivity contribution in [2.24, 2.45) is 5.10 Å². The number of benzene rings is 1. The number of aromatic nitrogens is 1. The predicted octanol–water partition coefficient (Wildman–Crippen LogP) is 3.03. The fourth-order valence-electron chi connectivity index (χ4n) is 2.34. The van der Waals surface area contributed by atoms with E-state index in [1.165, 1.54) is 6.20 Å². The summed E-state index contributed by atoms with van der Waals surface area (Å²) in [6.07, 6.45) is 5.96. The van der Waals surface area contributed by atoms with Crippen LogP contribution in [0.1, 0.15) is 35.2 Å². The largest absolute Gasteiger partial charge is 0.342 e. The highest BCUT2D eigenvalue weighted by Crippen LogP contribution is 2.11. The molecule has 148 valence electrons. The monoisotopic (exact) mass is 419 g/mol. The van der Waals surface area contributed by atoms with Crippen molar-refractivity contribution in [2.75, 3.05) is 12.0 Å². The molecule has 0 saturated carbocycles. The molecule has 1 unspecified atom stereocenters. The average Bonchev–Trinajstić information content (AvgIpc) is 2.72. The number of pyridine rings is 1. The number of hydrogen-bond donors (Lipinski definition) is 4. The van der Waals surface area contributed by atoms with Crippen molar-refractivity contribution in [3.8, 4) is 0 Å². The lowest BCUT2D eigenvalue weighted by Gasteiger charge is -2.12. The summed E-state index contributed by atoms with van der Waals surface area (Å²) in [5.74, 6) is 0.143. The third-order valence-electron chi connectivity index (χ3n) is 3.86. The first-order valence-corrected chi connectivity index (χ1v) is 9.59. The van der Waals surface area contributed by atoms with E-state index >= 15 is 0 Å². The first-order valence-electron chi connectivity index (χ1n) is 8.77. The maximum absolute atomic E-state index is 12.2. The van der Waals surface area contributed by atoms with Gasteiger partial charge in [0.15, 0.2) is 0 Å². The van der Waals surface area contributed by atoms with Crippen LogP contribution in [0.25, 0.3) is 0 Å². The highest BCUT2D eigenvalue weighted by molar-refractivity contribution is 7.80. The number of halogens is 1. The van der Waals surface area contributed by atoms with Crippen LogP contribution in [-0.2, 0) is 4.79 Å². The third kappa shape index (κ3) is 7.30. The Balaban J connectivity index is 1.86. The van der Waals surface area contributed by atoms with Crippen molar-refractivity contribution in [1.82, 2.24) is 15.1 Å². The van der Waals surface area contributed by atoms with Gasteiger partial charge in [0.2, 0.25) is 0 Å². The van der Waals surface area contributed by atoms with E-state index in [1.807, 2.05) is 24.3 Å². The fourth-order valence-corrected chi connectivity index (χ4v) is 2.69. The molecule has 0 saturated heterocycles. The number of thiol groups is 1. The molecule has 0 aliphatic heterocycles. The Morgan fingerprint density at radius 1 is 1.25 bits per heavy atom. The first-order chi connectivity index (χ1) is 13.6. The maximum atomic E-state index is 12.2. The van der Waals surface area contributed by atoms with Crippen LogP contribution in [0.15, 0.2) is 52.6 Å². The highest BCUT2D eigenvalue weighted by Gasteiger charge is 2.13. The van der Waals surface area contributed by atoms with Gasteiger partial charge in [-0.3, -0.25) is 10.2 Å². The topological polar surface area (TPSA) is 95.5 Å². The molecule has 0 radical (unpaired) electrons. The average molecular weight is 420 g/mol. The highest BCUT2D eigenvalue weighted by atomic mass is 35.5. The molecule has 9 heteroatoms. The number of aldehydes is 1. The van der Waals surface area contributed by atoms with E-state index in [0.717, 1.165) is 29.6 Å². The lowest BCUT2D eigenvalue weighted by molar-refractivity contribution is -0.109. The van der Waals surface area contributed by atoms with Crippen molar-refractivity contribution in [3.63, 3.8) is 0 Å². The van der Waals surface area contributed by atoms with E-state index < -0.39 is 6.04 Å². The molecule has 1 aromatic heterocycles. The number of amides is 1. The molecule has 2 aromatic rings. The van der Waals surface area contributed by atoms with Crippen molar-refractivity contribution in [1.29, 1.82) is 0 Å². The van der Waals surface area contributed by atoms with Crippen LogP contribution in [0.4, 0.5) is 5.82 Å². The SMILES string of the molecule is O=CC(CCCCNCl)NC(=O)c1ccc(NN=Cc2ccccc2S)nc1. The molecule has 1 heterocycles. The smallest absolute Gasteiger partial charge is 0.253 e. The van der Waals surface area contributed by atoms with Gasteiger partial charge in [-0.25, -0.2) is 9.82 Å². The summed E-state index contributed by atoms with van der Waals surface area (Å²) in [6, 6.07) is 10.3. The minimum absolute atomic E-state index is 0.348. The van der Waals surface area contributed by atoms with Crippen LogP contribution in [0, 0.1) is 0 Å². The van der Waals surface area contributed by atoms with Gasteiger partial charge in [-0.1, -0.05) is 18.2 Å². The molecule has 2 rings (SSSR count). The number of anilines is 1. The van der Waals surface area contributed by atoms with Crippen molar-refractivity contribution in [3.05, 3.63) is 53.7 Å². The van der Waals surface area contributed by atoms with E-state index in [-0.39, 0.29) is 5.91 Å². The molecule has 0 bridgehead atoms. The van der Waals surface area contributed by atoms with E-state index in [0.29, 0.717) is 24.3 Å². The Morgan fingerprint density at radius 3 is 2.75 bits per heavy atom. The number of hydrazone groups is 1. The summed E-state index contributed by atoms with van der Waals surface area (Å²) in [6.45, 7) is 0.654. The molecule has 0 fully saturated rings. The van der Waals surface area contributed by atoms with Crippen LogP contribution in [-0.4, -0.2) is 36.0 Å². The summed E-state index contributed by atoms with van der Waals surface area (Å²) >= 11 is 9.73. The molecular formula is C19H22ClN5O2S. The second kappa shape index (κ2) is 12.1. The lowest BCUT2D eigenvalue weighted by Crippen LogP contribution is -2.36. The Morgan fingerprint density at radius 2 is 2.07 bits per heavy atom. The van der Waals surface area contributed by atoms with Gasteiger partial charge < -0.3 is 10.1 Å². The number of unbranched alkanes of at least 4 members (excludes halogenated alkanes) is 1. The standard InChI is InChI=1S/C19H22ClN5O2S/c20-22-10-4-3-6-16(13-26)24-19(27)15-8-9-18(21-11-15)25-23-12-14-5-1-2-7-17(14)28/h1-2,5,7-9,11-13,16,22,28H,3-4,6,10H2,(H,21,25)(H,24,27). The summed E-state index contributed by atoms with van der Waals surface area (Å²) in [5.41, 5.74) is 4.03. The molecule has 1 aromatic carbocycles. The van der Waals surface area contributed by atoms with E-state index in [1.54, 1.807) is 18.3 Å². The molecular weight excluding hydrogens is 398 g/mol. The molecule has 7 nitrogen and oxygen atoms in total. The van der Waals surface area contributed by atoms with Gasteiger partial charge in [0.05, 0.1) is 17.8 Å². The van der Waals surface area contributed by atoms with Gasteiger partial charge in [0.1, 0.15) is 12.1 Å². The molecule has 1 atom stereocenters. The second-order valence-corrected chi connectivity index (χ2v) is 6.71. The summed E-state index contributed by atoms with van der Waals surface area (Å²) in [7, 11) is 0. The van der Waals surface area contributed by atoms with Crippen LogP contribution >= 0.6 is 24.4 Å². The zero-order valence-corrected chi connectivity index (χ0v) is 16.8. The van der Waals surface area contributed by atoms with E-state index in [4.69, 9.17) is 11.8 Å². The molecule has 0 aliphatic rings. The molecule has 3 N–H and O–H groups in total. The number of carbonyl (C=O) groups is 2. The number of nitrogens with one attached hydrogen (secondary N) is 3. The Kier molecular flexibility index (Phi) is 9.47. The van der Waals surface area contributed by atoms with Crippen LogP contribution < -0.4 is 15.6 Å². The van der Waals surface area contributed by atoms with Crippen molar-refractivity contribution in [2.45, 2.75) is 30.2 Å². The third-order valence-corrected chi connectivity index (χ3v) is 4.46. The quantitative estimate of drug-likeness (QED) is 0.112. The number of carbonyl (C=O) groups excluding carboxylic acids is 2. The Hall–Kier alpha value is -2.42. The summed E-state index contributed by atoms with van der Waals surface area (Å²) in [5, 5.41) is 6.80. The van der Waals surface area contributed by atoms with Gasteiger partial charge >= 0.3 is 0 Å². The van der Waals surface area contributed by atoms with Gasteiger partial charge in [-0.15, -0.1) is 12.6 Å². The zero-order valence-electron chi connectivity index (χ0n) is 15.1. The van der Waals surface area contributed by atoms with Gasteiger partial charge in [0.25, 0.3) is 5.91 Å². The van der Waals surface area contributed by atoms with Gasteiger partial charge in [-0.05, 0) is 49.2 Å². The summed E-state index contributed by atoms with van der Waals surface area (Å²) < 4.78 is 0. The predicted molar refractivity (Wildman–Crippen MR) is 114 cm³/mol. The second-order valence-electron chi connectivity index (χ2n) is 5.96. The Labute approximate surface area is 174 Å². The fraction of sp³-hybridized carbons (Fsp3) is 0.263. The van der Waals surface area contributed by atoms with E-state index in [9.17, 15) is 9.59 Å². The van der Waals surface area contributed by atoms with Crippen LogP contribution in [0.2, 0.25) is 0 Å². The minimum atomic E-state index is -0.536. The zero-order chi connectivity index (χ0) is 20.2. The number of rotatable bonds is 11. The molecule has 0 aliphatic carbocycles. The van der Waals surface area contributed by atoms with Crippen LogP contribution in [0.3, 0.4) is 0 Å². The van der Waals surface area contributed by atoms with Crippen molar-refractivity contribution >= 4 is 48.6 Å². The van der Waals surface area contributed by atoms with E-state index in [2.05, 4.69) is 38.3 Å². The summed E-state index contributed by atoms with van der Waals surface area (Å²) in [4.78, 5) is 30.9. The molecule has 28 heavy (non-hydrogen) atoms. The van der Waals surface area contributed by atoms with Gasteiger partial charge in [0, 0.05) is 23.2 Å². The van der Waals surface area contributed by atoms with Crippen molar-refractivity contribution < 1.29 is 9.59 Å². The number of nitrogens with zero attached hydrogens (tertiary/aromatic N) is 2. The molecule has 1 amide bonds. The lowest BCUT2D eigenvalue weighted by atomic mass is 10.1. The minimum Gasteiger partial charge on any atom is -0.342 e. The number of hydrogen-bond acceptors (Lipinski definition) is 7. The van der Waals surface area contributed by atoms with Gasteiger partial charge in [-0.2, -0.15) is 5.10 Å².